The van der Waals surface area contributed by atoms with Gasteiger partial charge in [-0.15, -0.1) is 0 Å². The van der Waals surface area contributed by atoms with E-state index >= 15 is 0 Å². The standard InChI is InChI=1S/C15H19NO3/c17-11-5-3-10(4-6-11)13-8-14(13)15(18)16-9-12-2-1-7-19-12/h3-6,12-14,17H,1-2,7-9H2,(H,16,18). The molecule has 0 aromatic heterocycles. The number of phenols is 1. The van der Waals surface area contributed by atoms with E-state index in [1.165, 1.54) is 0 Å². The van der Waals surface area contributed by atoms with Crippen LogP contribution in [0.25, 0.3) is 0 Å². The summed E-state index contributed by atoms with van der Waals surface area (Å²) in [5.74, 6) is 0.799. The predicted molar refractivity (Wildman–Crippen MR) is 70.9 cm³/mol. The molecule has 1 amide bonds. The molecule has 1 aliphatic heterocycles. The van der Waals surface area contributed by atoms with E-state index in [0.29, 0.717) is 12.5 Å². The van der Waals surface area contributed by atoms with Crippen LogP contribution in [0.2, 0.25) is 0 Å². The van der Waals surface area contributed by atoms with Crippen molar-refractivity contribution in [3.8, 4) is 5.75 Å². The van der Waals surface area contributed by atoms with E-state index in [2.05, 4.69) is 5.32 Å². The molecule has 3 unspecified atom stereocenters. The number of ether oxygens (including phenoxy) is 1. The Balaban J connectivity index is 1.48. The summed E-state index contributed by atoms with van der Waals surface area (Å²) in [5.41, 5.74) is 1.13. The number of benzene rings is 1. The average molecular weight is 261 g/mol. The lowest BCUT2D eigenvalue weighted by molar-refractivity contribution is -0.122. The summed E-state index contributed by atoms with van der Waals surface area (Å²) in [6.07, 6.45) is 3.25. The first-order valence-corrected chi connectivity index (χ1v) is 6.92. The van der Waals surface area contributed by atoms with Crippen molar-refractivity contribution in [1.29, 1.82) is 0 Å². The molecule has 102 valence electrons. The van der Waals surface area contributed by atoms with Gasteiger partial charge >= 0.3 is 0 Å². The topological polar surface area (TPSA) is 58.6 Å². The first kappa shape index (κ1) is 12.5. The average Bonchev–Trinajstić information content (AvgIpc) is 3.05. The van der Waals surface area contributed by atoms with E-state index in [-0.39, 0.29) is 23.7 Å². The molecule has 0 spiro atoms. The van der Waals surface area contributed by atoms with Gasteiger partial charge in [-0.1, -0.05) is 12.1 Å². The second-order valence-electron chi connectivity index (χ2n) is 5.42. The lowest BCUT2D eigenvalue weighted by Crippen LogP contribution is -2.33. The van der Waals surface area contributed by atoms with Crippen molar-refractivity contribution in [1.82, 2.24) is 5.32 Å². The highest BCUT2D eigenvalue weighted by Crippen LogP contribution is 2.47. The van der Waals surface area contributed by atoms with Gasteiger partial charge in [0.2, 0.25) is 5.91 Å². The van der Waals surface area contributed by atoms with Crippen LogP contribution >= 0.6 is 0 Å². The normalized spacial score (nSPS) is 29.2. The number of rotatable bonds is 4. The monoisotopic (exact) mass is 261 g/mol. The highest BCUT2D eigenvalue weighted by molar-refractivity contribution is 5.82. The Hall–Kier alpha value is -1.55. The smallest absolute Gasteiger partial charge is 0.223 e. The van der Waals surface area contributed by atoms with Crippen LogP contribution in [0.5, 0.6) is 5.75 Å². The molecule has 1 saturated carbocycles. The first-order chi connectivity index (χ1) is 9.24. The maximum atomic E-state index is 12.0. The van der Waals surface area contributed by atoms with Crippen molar-refractivity contribution in [2.24, 2.45) is 5.92 Å². The Morgan fingerprint density at radius 3 is 2.84 bits per heavy atom. The van der Waals surface area contributed by atoms with Gasteiger partial charge in [-0.3, -0.25) is 4.79 Å². The van der Waals surface area contributed by atoms with Gasteiger partial charge in [-0.2, -0.15) is 0 Å². The highest BCUT2D eigenvalue weighted by atomic mass is 16.5. The van der Waals surface area contributed by atoms with E-state index in [1.54, 1.807) is 12.1 Å². The molecule has 2 N–H and O–H groups in total. The third-order valence-electron chi connectivity index (χ3n) is 3.98. The molecular weight excluding hydrogens is 242 g/mol. The van der Waals surface area contributed by atoms with E-state index in [9.17, 15) is 9.90 Å². The number of carbonyl (C=O) groups excluding carboxylic acids is 1. The molecule has 1 aromatic carbocycles. The molecule has 0 radical (unpaired) electrons. The molecule has 1 aliphatic carbocycles. The molecule has 4 nitrogen and oxygen atoms in total. The van der Waals surface area contributed by atoms with Crippen molar-refractivity contribution in [3.63, 3.8) is 0 Å². The van der Waals surface area contributed by atoms with Gasteiger partial charge in [0.1, 0.15) is 5.75 Å². The van der Waals surface area contributed by atoms with Crippen LogP contribution in [-0.4, -0.2) is 30.3 Å². The van der Waals surface area contributed by atoms with Gasteiger partial charge in [0.15, 0.2) is 0 Å². The van der Waals surface area contributed by atoms with Crippen molar-refractivity contribution in [2.45, 2.75) is 31.3 Å². The number of hydrogen-bond acceptors (Lipinski definition) is 3. The van der Waals surface area contributed by atoms with Crippen LogP contribution < -0.4 is 5.32 Å². The molecule has 2 fully saturated rings. The van der Waals surface area contributed by atoms with Crippen LogP contribution in [0.1, 0.15) is 30.7 Å². The molecular formula is C15H19NO3. The van der Waals surface area contributed by atoms with Gasteiger partial charge in [0.25, 0.3) is 0 Å². The maximum absolute atomic E-state index is 12.0. The zero-order chi connectivity index (χ0) is 13.2. The fourth-order valence-corrected chi connectivity index (χ4v) is 2.73. The minimum absolute atomic E-state index is 0.0888. The molecule has 1 heterocycles. The number of aromatic hydroxyl groups is 1. The summed E-state index contributed by atoms with van der Waals surface area (Å²) in [6.45, 7) is 1.46. The van der Waals surface area contributed by atoms with E-state index in [0.717, 1.165) is 31.4 Å². The summed E-state index contributed by atoms with van der Waals surface area (Å²) in [7, 11) is 0. The molecule has 0 bridgehead atoms. The third kappa shape index (κ3) is 2.89. The predicted octanol–water partition coefficient (Wildman–Crippen LogP) is 1.79. The first-order valence-electron chi connectivity index (χ1n) is 6.92. The van der Waals surface area contributed by atoms with Crippen LogP contribution in [0.3, 0.4) is 0 Å². The lowest BCUT2D eigenvalue weighted by atomic mass is 10.1. The minimum atomic E-state index is 0.0888. The number of phenolic OH excluding ortho intramolecular Hbond substituents is 1. The fourth-order valence-electron chi connectivity index (χ4n) is 2.73. The summed E-state index contributed by atoms with van der Waals surface area (Å²) in [6, 6.07) is 7.14. The van der Waals surface area contributed by atoms with Gasteiger partial charge < -0.3 is 15.2 Å². The molecule has 1 saturated heterocycles. The Bertz CT molecular complexity index is 451. The molecule has 3 rings (SSSR count). The van der Waals surface area contributed by atoms with Gasteiger partial charge in [-0.05, 0) is 42.9 Å². The Morgan fingerprint density at radius 2 is 2.16 bits per heavy atom. The Labute approximate surface area is 112 Å². The zero-order valence-corrected chi connectivity index (χ0v) is 10.8. The second kappa shape index (κ2) is 5.21. The number of nitrogens with one attached hydrogen (secondary N) is 1. The van der Waals surface area contributed by atoms with Gasteiger partial charge in [0.05, 0.1) is 6.10 Å². The van der Waals surface area contributed by atoms with E-state index in [4.69, 9.17) is 4.74 Å². The summed E-state index contributed by atoms with van der Waals surface area (Å²) in [4.78, 5) is 12.0. The van der Waals surface area contributed by atoms with Crippen molar-refractivity contribution in [3.05, 3.63) is 29.8 Å². The summed E-state index contributed by atoms with van der Waals surface area (Å²) in [5, 5.41) is 12.2. The minimum Gasteiger partial charge on any atom is -0.508 e. The largest absolute Gasteiger partial charge is 0.508 e. The number of amides is 1. The van der Waals surface area contributed by atoms with Gasteiger partial charge in [0, 0.05) is 19.1 Å². The van der Waals surface area contributed by atoms with Crippen LogP contribution in [-0.2, 0) is 9.53 Å². The lowest BCUT2D eigenvalue weighted by Gasteiger charge is -2.10. The molecule has 4 heteroatoms. The molecule has 3 atom stereocenters. The van der Waals surface area contributed by atoms with E-state index < -0.39 is 0 Å². The van der Waals surface area contributed by atoms with Crippen LogP contribution in [0.4, 0.5) is 0 Å². The maximum Gasteiger partial charge on any atom is 0.223 e. The number of carbonyl (C=O) groups is 1. The fraction of sp³-hybridized carbons (Fsp3) is 0.533. The molecule has 1 aromatic rings. The zero-order valence-electron chi connectivity index (χ0n) is 10.8. The summed E-state index contributed by atoms with van der Waals surface area (Å²) >= 11 is 0. The third-order valence-corrected chi connectivity index (χ3v) is 3.98. The van der Waals surface area contributed by atoms with Crippen molar-refractivity contribution in [2.75, 3.05) is 13.2 Å². The summed E-state index contributed by atoms with van der Waals surface area (Å²) < 4.78 is 5.49. The van der Waals surface area contributed by atoms with Crippen molar-refractivity contribution < 1.29 is 14.6 Å². The van der Waals surface area contributed by atoms with Crippen LogP contribution in [0, 0.1) is 5.92 Å². The molecule has 19 heavy (non-hydrogen) atoms. The van der Waals surface area contributed by atoms with Crippen molar-refractivity contribution >= 4 is 5.91 Å². The highest BCUT2D eigenvalue weighted by Gasteiger charge is 2.43. The Morgan fingerprint density at radius 1 is 1.37 bits per heavy atom. The van der Waals surface area contributed by atoms with Gasteiger partial charge in [-0.25, -0.2) is 0 Å². The van der Waals surface area contributed by atoms with E-state index in [1.807, 2.05) is 12.1 Å². The second-order valence-corrected chi connectivity index (χ2v) is 5.42. The molecule has 2 aliphatic rings. The quantitative estimate of drug-likeness (QED) is 0.868. The SMILES string of the molecule is O=C(NCC1CCCO1)C1CC1c1ccc(O)cc1. The van der Waals surface area contributed by atoms with Crippen LogP contribution in [0.15, 0.2) is 24.3 Å². The Kier molecular flexibility index (Phi) is 3.42. The number of hydrogen-bond donors (Lipinski definition) is 2.